The van der Waals surface area contributed by atoms with E-state index in [1.807, 2.05) is 0 Å². The predicted molar refractivity (Wildman–Crippen MR) is 208 cm³/mol. The smallest absolute Gasteiger partial charge is 0.136 e. The van der Waals surface area contributed by atoms with Gasteiger partial charge in [0.15, 0.2) is 0 Å². The van der Waals surface area contributed by atoms with Crippen LogP contribution in [0.15, 0.2) is 186 Å². The van der Waals surface area contributed by atoms with Crippen LogP contribution in [0.1, 0.15) is 41.1 Å². The molecule has 0 unspecified atom stereocenters. The molecule has 0 fully saturated rings. The maximum atomic E-state index is 9.84. The first-order valence-corrected chi connectivity index (χ1v) is 14.4. The third-order valence-corrected chi connectivity index (χ3v) is 7.89. The number of furan rings is 1. The van der Waals surface area contributed by atoms with E-state index in [1.165, 1.54) is 0 Å². The Morgan fingerprint density at radius 2 is 0.898 bits per heavy atom. The normalized spacial score (nSPS) is 20.2. The van der Waals surface area contributed by atoms with Gasteiger partial charge in [-0.25, -0.2) is 0 Å². The molecule has 10 rings (SSSR count). The molecular formula is C48H30O. The van der Waals surface area contributed by atoms with Crippen molar-refractivity contribution >= 4 is 54.3 Å². The Hall–Kier alpha value is -6.44. The van der Waals surface area contributed by atoms with Crippen molar-refractivity contribution < 1.29 is 45.5 Å². The van der Waals surface area contributed by atoms with E-state index in [0.717, 1.165) is 0 Å². The molecule has 0 aliphatic carbocycles. The summed E-state index contributed by atoms with van der Waals surface area (Å²) < 4.78 is 275. The van der Waals surface area contributed by atoms with Crippen molar-refractivity contribution in [3.8, 4) is 44.5 Å². The van der Waals surface area contributed by atoms with Crippen LogP contribution in [0.2, 0.25) is 0 Å². The summed E-state index contributed by atoms with van der Waals surface area (Å²) in [6.07, 6.45) is 0. The lowest BCUT2D eigenvalue weighted by Gasteiger charge is -2.19. The molecule has 0 bridgehead atoms. The minimum Gasteiger partial charge on any atom is -0.456 e. The van der Waals surface area contributed by atoms with Gasteiger partial charge in [0.25, 0.3) is 0 Å². The molecule has 0 N–H and O–H groups in total. The molecule has 0 radical (unpaired) electrons. The zero-order valence-electron chi connectivity index (χ0n) is 54.4. The molecular weight excluding hydrogens is 593 g/mol. The lowest BCUT2D eigenvalue weighted by molar-refractivity contribution is 0.669. The summed E-state index contributed by atoms with van der Waals surface area (Å²) in [6.45, 7) is 0. The van der Waals surface area contributed by atoms with Crippen LogP contribution >= 0.6 is 0 Å². The van der Waals surface area contributed by atoms with E-state index in [2.05, 4.69) is 0 Å². The summed E-state index contributed by atoms with van der Waals surface area (Å²) in [5.74, 6) is 0. The first kappa shape index (κ1) is 11.1. The van der Waals surface area contributed by atoms with E-state index in [9.17, 15) is 17.8 Å². The highest BCUT2D eigenvalue weighted by molar-refractivity contribution is 6.23. The van der Waals surface area contributed by atoms with Crippen LogP contribution in [-0.4, -0.2) is 0 Å². The van der Waals surface area contributed by atoms with Gasteiger partial charge >= 0.3 is 0 Å². The second-order valence-corrected chi connectivity index (χ2v) is 10.5. The van der Waals surface area contributed by atoms with Gasteiger partial charge in [0.1, 0.15) is 11.2 Å². The summed E-state index contributed by atoms with van der Waals surface area (Å²) in [6, 6.07) is -28.8. The number of hydrogen-bond donors (Lipinski definition) is 0. The summed E-state index contributed by atoms with van der Waals surface area (Å²) in [5, 5.41) is -5.73. The molecule has 1 heterocycles. The summed E-state index contributed by atoms with van der Waals surface area (Å²) in [4.78, 5) is 0. The van der Waals surface area contributed by atoms with Crippen molar-refractivity contribution in [2.45, 2.75) is 0 Å². The highest BCUT2D eigenvalue weighted by Gasteiger charge is 2.19. The number of fused-ring (bicyclic) bond motifs is 6. The fourth-order valence-corrected chi connectivity index (χ4v) is 5.85. The average Bonchev–Trinajstić information content (AvgIpc) is 3.34. The van der Waals surface area contributed by atoms with E-state index in [4.69, 9.17) is 27.7 Å². The van der Waals surface area contributed by atoms with Crippen LogP contribution in [0.4, 0.5) is 0 Å². The Labute approximate surface area is 326 Å². The Morgan fingerprint density at radius 1 is 0.327 bits per heavy atom. The second kappa shape index (κ2) is 11.1. The van der Waals surface area contributed by atoms with Gasteiger partial charge in [-0.3, -0.25) is 0 Å². The topological polar surface area (TPSA) is 13.1 Å². The van der Waals surface area contributed by atoms with Crippen LogP contribution < -0.4 is 0 Å². The number of hydrogen-bond acceptors (Lipinski definition) is 1. The SMILES string of the molecule is [2H]c1c([2H])c([2H])c(-c2c([2H])c([2H])c3c(oc4c([2H])c([2H])c([2H])c(-c5c([2H])c([2H])c6c(-c7c8c([2H])c([2H])c([2H])c([2H])c8c(-c8c([2H])c([2H])c([2H])c([2H])c8[2H])c8c([2H])c([2H])c([2H])c([2H])c78)c([2H])c([2H])c([2H])c6c5[2H])c43)c2[2H])c([2H])c1[2H]. The van der Waals surface area contributed by atoms with Crippen molar-refractivity contribution in [2.75, 3.05) is 0 Å². The average molecular weight is 653 g/mol. The molecule has 0 atom stereocenters. The van der Waals surface area contributed by atoms with Crippen molar-refractivity contribution in [1.29, 1.82) is 0 Å². The summed E-state index contributed by atoms with van der Waals surface area (Å²) in [7, 11) is 0. The molecule has 0 aliphatic heterocycles. The zero-order chi connectivity index (χ0) is 58.4. The summed E-state index contributed by atoms with van der Waals surface area (Å²) >= 11 is 0. The van der Waals surface area contributed by atoms with Gasteiger partial charge in [-0.05, 0) is 101 Å². The molecule has 10 aromatic rings. The van der Waals surface area contributed by atoms with Gasteiger partial charge in [0.05, 0.1) is 41.1 Å². The van der Waals surface area contributed by atoms with E-state index >= 15 is 0 Å². The molecule has 228 valence electrons. The Balaban J connectivity index is 1.44. The third-order valence-electron chi connectivity index (χ3n) is 7.89. The van der Waals surface area contributed by atoms with Crippen LogP contribution in [-0.2, 0) is 0 Å². The van der Waals surface area contributed by atoms with Gasteiger partial charge in [-0.2, -0.15) is 0 Å². The van der Waals surface area contributed by atoms with E-state index in [-0.39, 0.29) is 0 Å². The fraction of sp³-hybridized carbons (Fsp3) is 0. The maximum Gasteiger partial charge on any atom is 0.136 e. The van der Waals surface area contributed by atoms with Crippen LogP contribution in [0.5, 0.6) is 0 Å². The van der Waals surface area contributed by atoms with E-state index in [1.54, 1.807) is 0 Å². The first-order valence-electron chi connectivity index (χ1n) is 29.4. The van der Waals surface area contributed by atoms with Crippen molar-refractivity contribution in [3.05, 3.63) is 181 Å². The molecule has 0 saturated heterocycles. The minimum atomic E-state index is -1.09. The Kier molecular flexibility index (Phi) is 2.50. The van der Waals surface area contributed by atoms with E-state index < -0.39 is 280 Å². The molecule has 0 aliphatic rings. The van der Waals surface area contributed by atoms with Gasteiger partial charge in [-0.15, -0.1) is 0 Å². The Bertz CT molecular complexity index is 4460. The Morgan fingerprint density at radius 3 is 1.61 bits per heavy atom. The van der Waals surface area contributed by atoms with Gasteiger partial charge < -0.3 is 4.42 Å². The quantitative estimate of drug-likeness (QED) is 0.172. The summed E-state index contributed by atoms with van der Waals surface area (Å²) in [5.41, 5.74) is -7.36. The number of benzene rings is 9. The molecule has 0 spiro atoms. The van der Waals surface area contributed by atoms with Crippen LogP contribution in [0.3, 0.4) is 0 Å². The van der Waals surface area contributed by atoms with Gasteiger partial charge in [0.2, 0.25) is 0 Å². The van der Waals surface area contributed by atoms with Crippen molar-refractivity contribution in [2.24, 2.45) is 0 Å². The van der Waals surface area contributed by atoms with Gasteiger partial charge in [0, 0.05) is 10.8 Å². The molecule has 0 saturated carbocycles. The van der Waals surface area contributed by atoms with E-state index in [0.29, 0.717) is 0 Å². The third kappa shape index (κ3) is 4.40. The monoisotopic (exact) mass is 652 g/mol. The standard InChI is InChI=1S/C48H30O/c1-3-13-31(14-4-1)33-25-28-43-45(30-33)49-44-24-12-22-37(48(43)44)35-26-27-36-34(29-35)17-11-23-38(36)47-41-20-9-7-18-39(41)46(32-15-5-2-6-16-32)40-19-8-10-21-42(40)47/h1-30H/i1D,2D,3D,4D,5D,6D,7D,8D,9D,10D,11D,12D,13D,14D,15D,16D,17D,18D,19D,20D,21D,22D,23D,24D,25D,26D,27D,28D,29D,30D. The highest BCUT2D eigenvalue weighted by atomic mass is 16.3. The fourth-order valence-electron chi connectivity index (χ4n) is 5.85. The largest absolute Gasteiger partial charge is 0.456 e. The minimum absolute atomic E-state index is 0.566. The lowest BCUT2D eigenvalue weighted by Crippen LogP contribution is -1.91. The molecule has 9 aromatic carbocycles. The molecule has 1 heteroatoms. The maximum absolute atomic E-state index is 9.84. The van der Waals surface area contributed by atoms with Crippen molar-refractivity contribution in [1.82, 2.24) is 0 Å². The predicted octanol–water partition coefficient (Wildman–Crippen LogP) is 13.7. The lowest BCUT2D eigenvalue weighted by atomic mass is 9.84. The van der Waals surface area contributed by atoms with Gasteiger partial charge in [-0.1, -0.05) is 157 Å². The molecule has 1 aromatic heterocycles. The van der Waals surface area contributed by atoms with Crippen molar-refractivity contribution in [3.63, 3.8) is 0 Å². The molecule has 49 heavy (non-hydrogen) atoms. The molecule has 1 nitrogen and oxygen atoms in total. The molecule has 0 amide bonds. The zero-order valence-corrected chi connectivity index (χ0v) is 24.4. The number of rotatable bonds is 4. The highest BCUT2D eigenvalue weighted by Crippen LogP contribution is 2.46. The van der Waals surface area contributed by atoms with Crippen LogP contribution in [0.25, 0.3) is 98.8 Å². The first-order chi connectivity index (χ1) is 36.8. The second-order valence-electron chi connectivity index (χ2n) is 10.5. The van der Waals surface area contributed by atoms with Crippen LogP contribution in [0, 0.1) is 0 Å².